The molecular formula is C15H24N2O2. The Morgan fingerprint density at radius 3 is 2.53 bits per heavy atom. The first-order valence-electron chi connectivity index (χ1n) is 6.95. The van der Waals surface area contributed by atoms with E-state index in [9.17, 15) is 0 Å². The molecule has 0 aromatic heterocycles. The van der Waals surface area contributed by atoms with Crippen LogP contribution in [-0.4, -0.2) is 44.4 Å². The van der Waals surface area contributed by atoms with Crippen molar-refractivity contribution in [3.05, 3.63) is 29.8 Å². The van der Waals surface area contributed by atoms with Gasteiger partial charge in [0.25, 0.3) is 0 Å². The maximum atomic E-state index is 5.71. The van der Waals surface area contributed by atoms with E-state index < -0.39 is 0 Å². The SMILES string of the molecule is COCCOCCN(Cc1ccc(N)cc1)C1CC1. The van der Waals surface area contributed by atoms with Gasteiger partial charge in [-0.3, -0.25) is 4.90 Å². The summed E-state index contributed by atoms with van der Waals surface area (Å²) in [7, 11) is 1.70. The molecule has 0 atom stereocenters. The average molecular weight is 264 g/mol. The molecule has 1 aliphatic rings. The summed E-state index contributed by atoms with van der Waals surface area (Å²) in [5.41, 5.74) is 7.85. The monoisotopic (exact) mass is 264 g/mol. The number of nitrogens with two attached hydrogens (primary N) is 1. The zero-order chi connectivity index (χ0) is 13.5. The summed E-state index contributed by atoms with van der Waals surface area (Å²) in [5.74, 6) is 0. The first kappa shape index (κ1) is 14.3. The van der Waals surface area contributed by atoms with E-state index in [4.69, 9.17) is 15.2 Å². The second-order valence-electron chi connectivity index (χ2n) is 5.05. The van der Waals surface area contributed by atoms with E-state index in [0.29, 0.717) is 13.2 Å². The Morgan fingerprint density at radius 2 is 1.89 bits per heavy atom. The molecule has 1 fully saturated rings. The van der Waals surface area contributed by atoms with E-state index in [0.717, 1.165) is 31.4 Å². The second kappa shape index (κ2) is 7.48. The highest BCUT2D eigenvalue weighted by Crippen LogP contribution is 2.28. The Bertz CT molecular complexity index is 363. The van der Waals surface area contributed by atoms with E-state index in [2.05, 4.69) is 17.0 Å². The van der Waals surface area contributed by atoms with Crippen LogP contribution in [0.15, 0.2) is 24.3 Å². The molecule has 2 N–H and O–H groups in total. The number of hydrogen-bond donors (Lipinski definition) is 1. The van der Waals surface area contributed by atoms with Crippen LogP contribution in [0.5, 0.6) is 0 Å². The first-order chi connectivity index (χ1) is 9.29. The molecule has 1 saturated carbocycles. The molecule has 0 unspecified atom stereocenters. The van der Waals surface area contributed by atoms with E-state index in [1.54, 1.807) is 7.11 Å². The molecule has 0 saturated heterocycles. The number of hydrogen-bond acceptors (Lipinski definition) is 4. The quantitative estimate of drug-likeness (QED) is 0.546. The van der Waals surface area contributed by atoms with Gasteiger partial charge in [-0.15, -0.1) is 0 Å². The maximum Gasteiger partial charge on any atom is 0.0700 e. The Labute approximate surface area is 115 Å². The highest BCUT2D eigenvalue weighted by atomic mass is 16.5. The van der Waals surface area contributed by atoms with Crippen molar-refractivity contribution >= 4 is 5.69 Å². The van der Waals surface area contributed by atoms with Crippen LogP contribution in [0.3, 0.4) is 0 Å². The van der Waals surface area contributed by atoms with Crippen molar-refractivity contribution < 1.29 is 9.47 Å². The molecular weight excluding hydrogens is 240 g/mol. The summed E-state index contributed by atoms with van der Waals surface area (Å²) < 4.78 is 10.5. The molecule has 19 heavy (non-hydrogen) atoms. The smallest absolute Gasteiger partial charge is 0.0700 e. The van der Waals surface area contributed by atoms with Crippen molar-refractivity contribution in [2.75, 3.05) is 39.2 Å². The van der Waals surface area contributed by atoms with Gasteiger partial charge in [0, 0.05) is 31.9 Å². The van der Waals surface area contributed by atoms with Crippen LogP contribution in [0.1, 0.15) is 18.4 Å². The molecule has 4 heteroatoms. The van der Waals surface area contributed by atoms with Gasteiger partial charge in [-0.2, -0.15) is 0 Å². The molecule has 0 heterocycles. The van der Waals surface area contributed by atoms with Crippen molar-refractivity contribution in [2.45, 2.75) is 25.4 Å². The lowest BCUT2D eigenvalue weighted by Crippen LogP contribution is -2.29. The van der Waals surface area contributed by atoms with Crippen LogP contribution in [-0.2, 0) is 16.0 Å². The molecule has 0 radical (unpaired) electrons. The number of nitrogen functional groups attached to an aromatic ring is 1. The van der Waals surface area contributed by atoms with E-state index in [1.807, 2.05) is 12.1 Å². The van der Waals surface area contributed by atoms with Crippen LogP contribution in [0.4, 0.5) is 5.69 Å². The molecule has 1 aromatic rings. The minimum Gasteiger partial charge on any atom is -0.399 e. The number of nitrogens with zero attached hydrogens (tertiary/aromatic N) is 1. The second-order valence-corrected chi connectivity index (χ2v) is 5.05. The van der Waals surface area contributed by atoms with Crippen LogP contribution in [0.2, 0.25) is 0 Å². The van der Waals surface area contributed by atoms with Crippen LogP contribution in [0.25, 0.3) is 0 Å². The average Bonchev–Trinajstić information content (AvgIpc) is 3.24. The molecule has 0 aliphatic heterocycles. The fraction of sp³-hybridized carbons (Fsp3) is 0.600. The summed E-state index contributed by atoms with van der Waals surface area (Å²) in [4.78, 5) is 2.50. The fourth-order valence-electron chi connectivity index (χ4n) is 2.11. The van der Waals surface area contributed by atoms with Crippen molar-refractivity contribution in [3.63, 3.8) is 0 Å². The van der Waals surface area contributed by atoms with E-state index >= 15 is 0 Å². The minimum atomic E-state index is 0.668. The predicted octanol–water partition coefficient (Wildman–Crippen LogP) is 1.90. The van der Waals surface area contributed by atoms with Gasteiger partial charge in [0.1, 0.15) is 0 Å². The summed E-state index contributed by atoms with van der Waals surface area (Å²) in [6.45, 7) is 4.09. The highest BCUT2D eigenvalue weighted by molar-refractivity contribution is 5.39. The third kappa shape index (κ3) is 5.19. The molecule has 0 amide bonds. The highest BCUT2D eigenvalue weighted by Gasteiger charge is 2.28. The normalized spacial score (nSPS) is 15.1. The summed E-state index contributed by atoms with van der Waals surface area (Å²) in [6.07, 6.45) is 2.63. The molecule has 106 valence electrons. The van der Waals surface area contributed by atoms with E-state index in [1.165, 1.54) is 18.4 Å². The molecule has 0 spiro atoms. The summed E-state index contributed by atoms with van der Waals surface area (Å²) >= 11 is 0. The largest absolute Gasteiger partial charge is 0.399 e. The Hall–Kier alpha value is -1.10. The lowest BCUT2D eigenvalue weighted by molar-refractivity contribution is 0.0546. The van der Waals surface area contributed by atoms with Crippen LogP contribution in [0, 0.1) is 0 Å². The third-order valence-corrected chi connectivity index (χ3v) is 3.38. The first-order valence-corrected chi connectivity index (χ1v) is 6.95. The van der Waals surface area contributed by atoms with Gasteiger partial charge in [0.2, 0.25) is 0 Å². The van der Waals surface area contributed by atoms with Gasteiger partial charge >= 0.3 is 0 Å². The molecule has 1 aromatic carbocycles. The van der Waals surface area contributed by atoms with E-state index in [-0.39, 0.29) is 0 Å². The zero-order valence-electron chi connectivity index (χ0n) is 11.7. The number of benzene rings is 1. The fourth-order valence-corrected chi connectivity index (χ4v) is 2.11. The lowest BCUT2D eigenvalue weighted by Gasteiger charge is -2.22. The van der Waals surface area contributed by atoms with Gasteiger partial charge < -0.3 is 15.2 Å². The van der Waals surface area contributed by atoms with Gasteiger partial charge in [0.15, 0.2) is 0 Å². The topological polar surface area (TPSA) is 47.7 Å². The van der Waals surface area contributed by atoms with Crippen molar-refractivity contribution in [2.24, 2.45) is 0 Å². The predicted molar refractivity (Wildman–Crippen MR) is 77.0 cm³/mol. The number of anilines is 1. The number of ether oxygens (including phenoxy) is 2. The van der Waals surface area contributed by atoms with Crippen LogP contribution < -0.4 is 5.73 Å². The lowest BCUT2D eigenvalue weighted by atomic mass is 10.2. The van der Waals surface area contributed by atoms with Crippen LogP contribution >= 0.6 is 0 Å². The van der Waals surface area contributed by atoms with Crippen molar-refractivity contribution in [3.8, 4) is 0 Å². The van der Waals surface area contributed by atoms with Gasteiger partial charge in [-0.05, 0) is 30.5 Å². The van der Waals surface area contributed by atoms with Gasteiger partial charge in [-0.25, -0.2) is 0 Å². The van der Waals surface area contributed by atoms with Crippen molar-refractivity contribution in [1.29, 1.82) is 0 Å². The molecule has 4 nitrogen and oxygen atoms in total. The minimum absolute atomic E-state index is 0.668. The Kier molecular flexibility index (Phi) is 5.63. The Balaban J connectivity index is 1.75. The molecule has 0 bridgehead atoms. The maximum absolute atomic E-state index is 5.71. The van der Waals surface area contributed by atoms with Gasteiger partial charge in [-0.1, -0.05) is 12.1 Å². The molecule has 2 rings (SSSR count). The summed E-state index contributed by atoms with van der Waals surface area (Å²) in [5, 5.41) is 0. The van der Waals surface area contributed by atoms with Crippen molar-refractivity contribution in [1.82, 2.24) is 4.90 Å². The number of methoxy groups -OCH3 is 1. The van der Waals surface area contributed by atoms with Gasteiger partial charge in [0.05, 0.1) is 19.8 Å². The Morgan fingerprint density at radius 1 is 1.16 bits per heavy atom. The molecule has 1 aliphatic carbocycles. The standard InChI is InChI=1S/C15H24N2O2/c1-18-10-11-19-9-8-17(15-6-7-15)12-13-2-4-14(16)5-3-13/h2-5,15H,6-12,16H2,1H3. The zero-order valence-corrected chi connectivity index (χ0v) is 11.7. The summed E-state index contributed by atoms with van der Waals surface area (Å²) in [6, 6.07) is 8.89. The number of rotatable bonds is 9. The third-order valence-electron chi connectivity index (χ3n) is 3.38.